The minimum atomic E-state index is -0.955. The van der Waals surface area contributed by atoms with Gasteiger partial charge in [0.1, 0.15) is 0 Å². The topological polar surface area (TPSA) is 49.8 Å². The molecule has 2 rings (SSSR count). The van der Waals surface area contributed by atoms with E-state index in [0.29, 0.717) is 29.7 Å². The van der Waals surface area contributed by atoms with Crippen LogP contribution in [0, 0.1) is 0 Å². The summed E-state index contributed by atoms with van der Waals surface area (Å²) in [6.45, 7) is 4.79. The molecule has 108 valence electrons. The molecule has 2 atom stereocenters. The lowest BCUT2D eigenvalue weighted by molar-refractivity contribution is 0.0835. The molecule has 6 heteroatoms. The van der Waals surface area contributed by atoms with Gasteiger partial charge in [-0.15, -0.1) is 6.58 Å². The maximum atomic E-state index is 11.2. The molecule has 1 saturated heterocycles. The maximum absolute atomic E-state index is 11.2. The van der Waals surface area contributed by atoms with E-state index in [1.807, 2.05) is 6.07 Å². The standard InChI is InChI=1S/C14H15Cl2NO3/c1-2-13-10(8-17(14(18)19)5-6-20-13)9-3-4-11(15)12(16)7-9/h2-4,7,10,13H,1,5-6,8H2,(H,18,19)/t10-,13+/m1/s1. The molecule has 0 bridgehead atoms. The van der Waals surface area contributed by atoms with E-state index in [4.69, 9.17) is 27.9 Å². The first kappa shape index (κ1) is 15.2. The average Bonchev–Trinajstić information content (AvgIpc) is 2.64. The number of carbonyl (C=O) groups is 1. The Morgan fingerprint density at radius 2 is 2.20 bits per heavy atom. The summed E-state index contributed by atoms with van der Waals surface area (Å²) in [5.74, 6) is -0.152. The molecule has 1 aromatic rings. The first-order valence-corrected chi connectivity index (χ1v) is 6.95. The third kappa shape index (κ3) is 3.26. The molecule has 1 aromatic carbocycles. The summed E-state index contributed by atoms with van der Waals surface area (Å²) in [7, 11) is 0. The van der Waals surface area contributed by atoms with Crippen molar-refractivity contribution in [3.8, 4) is 0 Å². The van der Waals surface area contributed by atoms with Crippen LogP contribution in [0.25, 0.3) is 0 Å². The first-order valence-electron chi connectivity index (χ1n) is 6.20. The summed E-state index contributed by atoms with van der Waals surface area (Å²) in [4.78, 5) is 12.5. The summed E-state index contributed by atoms with van der Waals surface area (Å²) in [6, 6.07) is 5.29. The van der Waals surface area contributed by atoms with Crippen molar-refractivity contribution in [2.45, 2.75) is 12.0 Å². The molecule has 1 aliphatic rings. The molecule has 0 radical (unpaired) electrons. The Kier molecular flexibility index (Phi) is 4.91. The minimum Gasteiger partial charge on any atom is -0.465 e. The number of amides is 1. The molecule has 0 spiro atoms. The number of carboxylic acid groups (broad SMARTS) is 1. The second kappa shape index (κ2) is 6.48. The lowest BCUT2D eigenvalue weighted by Crippen LogP contribution is -2.34. The van der Waals surface area contributed by atoms with Crippen LogP contribution < -0.4 is 0 Å². The highest BCUT2D eigenvalue weighted by Gasteiger charge is 2.29. The molecule has 4 nitrogen and oxygen atoms in total. The van der Waals surface area contributed by atoms with Gasteiger partial charge in [0.15, 0.2) is 0 Å². The molecule has 1 N–H and O–H groups in total. The zero-order valence-electron chi connectivity index (χ0n) is 10.8. The molecular weight excluding hydrogens is 301 g/mol. The molecule has 0 saturated carbocycles. The van der Waals surface area contributed by atoms with Gasteiger partial charge in [0, 0.05) is 19.0 Å². The third-order valence-corrected chi connectivity index (χ3v) is 4.10. The largest absolute Gasteiger partial charge is 0.465 e. The van der Waals surface area contributed by atoms with Crippen molar-refractivity contribution in [3.63, 3.8) is 0 Å². The van der Waals surface area contributed by atoms with Crippen LogP contribution in [0.3, 0.4) is 0 Å². The zero-order valence-corrected chi connectivity index (χ0v) is 12.3. The van der Waals surface area contributed by atoms with Gasteiger partial charge in [-0.1, -0.05) is 35.3 Å². The average molecular weight is 316 g/mol. The van der Waals surface area contributed by atoms with Crippen LogP contribution in [0.4, 0.5) is 4.79 Å². The smallest absolute Gasteiger partial charge is 0.407 e. The van der Waals surface area contributed by atoms with E-state index in [1.165, 1.54) is 4.90 Å². The van der Waals surface area contributed by atoms with Crippen molar-refractivity contribution < 1.29 is 14.6 Å². The molecule has 1 aliphatic heterocycles. The van der Waals surface area contributed by atoms with Crippen LogP contribution >= 0.6 is 23.2 Å². The Balaban J connectivity index is 2.33. The fraction of sp³-hybridized carbons (Fsp3) is 0.357. The van der Waals surface area contributed by atoms with Gasteiger partial charge in [-0.05, 0) is 17.7 Å². The number of hydrogen-bond acceptors (Lipinski definition) is 2. The molecule has 1 heterocycles. The van der Waals surface area contributed by atoms with Crippen LogP contribution in [-0.4, -0.2) is 41.9 Å². The van der Waals surface area contributed by atoms with Crippen molar-refractivity contribution in [1.82, 2.24) is 4.90 Å². The van der Waals surface area contributed by atoms with Gasteiger partial charge in [0.25, 0.3) is 0 Å². The molecule has 1 fully saturated rings. The predicted octanol–water partition coefficient (Wildman–Crippen LogP) is 3.64. The Hall–Kier alpha value is -1.23. The van der Waals surface area contributed by atoms with Gasteiger partial charge in [0.05, 0.1) is 22.8 Å². The zero-order chi connectivity index (χ0) is 14.7. The van der Waals surface area contributed by atoms with E-state index in [2.05, 4.69) is 6.58 Å². The van der Waals surface area contributed by atoms with Gasteiger partial charge in [-0.3, -0.25) is 0 Å². The van der Waals surface area contributed by atoms with Gasteiger partial charge < -0.3 is 14.7 Å². The van der Waals surface area contributed by atoms with E-state index in [-0.39, 0.29) is 12.0 Å². The monoisotopic (exact) mass is 315 g/mol. The third-order valence-electron chi connectivity index (χ3n) is 3.36. The van der Waals surface area contributed by atoms with Gasteiger partial charge >= 0.3 is 6.09 Å². The van der Waals surface area contributed by atoms with Crippen molar-refractivity contribution >= 4 is 29.3 Å². The summed E-state index contributed by atoms with van der Waals surface area (Å²) in [6.07, 6.45) is 0.485. The number of nitrogens with zero attached hydrogens (tertiary/aromatic N) is 1. The van der Waals surface area contributed by atoms with E-state index in [0.717, 1.165) is 5.56 Å². The molecule has 0 unspecified atom stereocenters. The van der Waals surface area contributed by atoms with Gasteiger partial charge in [-0.2, -0.15) is 0 Å². The molecule has 20 heavy (non-hydrogen) atoms. The van der Waals surface area contributed by atoms with Crippen LogP contribution in [0.5, 0.6) is 0 Å². The Labute approximate surface area is 127 Å². The van der Waals surface area contributed by atoms with Crippen LogP contribution in [-0.2, 0) is 4.74 Å². The summed E-state index contributed by atoms with van der Waals surface area (Å²) in [5, 5.41) is 10.1. The van der Waals surface area contributed by atoms with Crippen molar-refractivity contribution in [1.29, 1.82) is 0 Å². The normalized spacial score (nSPS) is 23.2. The predicted molar refractivity (Wildman–Crippen MR) is 78.7 cm³/mol. The van der Waals surface area contributed by atoms with E-state index < -0.39 is 6.09 Å². The highest BCUT2D eigenvalue weighted by Crippen LogP contribution is 2.31. The second-order valence-corrected chi connectivity index (χ2v) is 5.39. The lowest BCUT2D eigenvalue weighted by atomic mass is 9.93. The molecule has 0 aromatic heterocycles. The van der Waals surface area contributed by atoms with Crippen LogP contribution in [0.2, 0.25) is 10.0 Å². The minimum absolute atomic E-state index is 0.152. The maximum Gasteiger partial charge on any atom is 0.407 e. The van der Waals surface area contributed by atoms with Crippen LogP contribution in [0.15, 0.2) is 30.9 Å². The van der Waals surface area contributed by atoms with Crippen molar-refractivity contribution in [3.05, 3.63) is 46.5 Å². The SMILES string of the molecule is C=C[C@@H]1OCCN(C(=O)O)C[C@@H]1c1ccc(Cl)c(Cl)c1. The quantitative estimate of drug-likeness (QED) is 0.848. The molecule has 0 aliphatic carbocycles. The van der Waals surface area contributed by atoms with Crippen LogP contribution in [0.1, 0.15) is 11.5 Å². The summed E-state index contributed by atoms with van der Waals surface area (Å²) < 4.78 is 5.67. The fourth-order valence-corrected chi connectivity index (χ4v) is 2.60. The highest BCUT2D eigenvalue weighted by molar-refractivity contribution is 6.42. The van der Waals surface area contributed by atoms with Gasteiger partial charge in [0.2, 0.25) is 0 Å². The Bertz CT molecular complexity index is 521. The number of rotatable bonds is 2. The second-order valence-electron chi connectivity index (χ2n) is 4.58. The number of benzene rings is 1. The van der Waals surface area contributed by atoms with Crippen molar-refractivity contribution in [2.24, 2.45) is 0 Å². The molecular formula is C14H15Cl2NO3. The Morgan fingerprint density at radius 3 is 2.80 bits per heavy atom. The number of ether oxygens (including phenoxy) is 1. The summed E-state index contributed by atoms with van der Waals surface area (Å²) >= 11 is 11.9. The number of hydrogen-bond donors (Lipinski definition) is 1. The highest BCUT2D eigenvalue weighted by atomic mass is 35.5. The summed E-state index contributed by atoms with van der Waals surface area (Å²) in [5.41, 5.74) is 0.887. The number of halogens is 2. The van der Waals surface area contributed by atoms with E-state index in [1.54, 1.807) is 18.2 Å². The first-order chi connectivity index (χ1) is 9.52. The Morgan fingerprint density at radius 1 is 1.45 bits per heavy atom. The lowest BCUT2D eigenvalue weighted by Gasteiger charge is -2.25. The van der Waals surface area contributed by atoms with Crippen molar-refractivity contribution in [2.75, 3.05) is 19.7 Å². The van der Waals surface area contributed by atoms with Gasteiger partial charge in [-0.25, -0.2) is 4.79 Å². The molecule has 1 amide bonds. The van der Waals surface area contributed by atoms with E-state index >= 15 is 0 Å². The fourth-order valence-electron chi connectivity index (χ4n) is 2.29. The van der Waals surface area contributed by atoms with E-state index in [9.17, 15) is 9.90 Å².